The van der Waals surface area contributed by atoms with Gasteiger partial charge in [0.15, 0.2) is 0 Å². The fourth-order valence-electron chi connectivity index (χ4n) is 3.20. The lowest BCUT2D eigenvalue weighted by atomic mass is 9.90. The molecular formula is C24H32N2. The van der Waals surface area contributed by atoms with Gasteiger partial charge in [-0.05, 0) is 36.1 Å². The van der Waals surface area contributed by atoms with Gasteiger partial charge in [0.1, 0.15) is 5.65 Å². The van der Waals surface area contributed by atoms with Crippen molar-refractivity contribution < 1.29 is 0 Å². The summed E-state index contributed by atoms with van der Waals surface area (Å²) in [7, 11) is 0. The third-order valence-electron chi connectivity index (χ3n) is 4.31. The Morgan fingerprint density at radius 2 is 1.50 bits per heavy atom. The second kappa shape index (κ2) is 7.90. The van der Waals surface area contributed by atoms with Crippen molar-refractivity contribution in [1.82, 2.24) is 9.38 Å². The zero-order chi connectivity index (χ0) is 19.5. The molecule has 0 aliphatic carbocycles. The molecule has 0 bridgehead atoms. The molecule has 2 heterocycles. The van der Waals surface area contributed by atoms with Gasteiger partial charge >= 0.3 is 0 Å². The number of pyridine rings is 1. The molecule has 2 heteroatoms. The number of hydrogen-bond acceptors (Lipinski definition) is 1. The fourth-order valence-corrected chi connectivity index (χ4v) is 3.20. The van der Waals surface area contributed by atoms with Crippen molar-refractivity contribution in [1.29, 1.82) is 0 Å². The second-order valence-corrected chi connectivity index (χ2v) is 7.13. The van der Waals surface area contributed by atoms with Gasteiger partial charge in [-0.25, -0.2) is 4.98 Å². The third kappa shape index (κ3) is 3.46. The molecule has 0 radical (unpaired) electrons. The van der Waals surface area contributed by atoms with E-state index < -0.39 is 0 Å². The summed E-state index contributed by atoms with van der Waals surface area (Å²) in [5.41, 5.74) is 5.94. The van der Waals surface area contributed by atoms with Gasteiger partial charge in [-0.3, -0.25) is 4.40 Å². The molecule has 0 N–H and O–H groups in total. The largest absolute Gasteiger partial charge is 0.296 e. The number of benzene rings is 2. The molecule has 0 unspecified atom stereocenters. The van der Waals surface area contributed by atoms with Crippen LogP contribution in [-0.2, 0) is 5.41 Å². The van der Waals surface area contributed by atoms with Gasteiger partial charge in [0.2, 0.25) is 0 Å². The highest BCUT2D eigenvalue weighted by molar-refractivity contribution is 5.98. The van der Waals surface area contributed by atoms with Crippen molar-refractivity contribution in [3.05, 3.63) is 59.8 Å². The van der Waals surface area contributed by atoms with Gasteiger partial charge in [0.05, 0.1) is 11.0 Å². The maximum Gasteiger partial charge on any atom is 0.146 e. The van der Waals surface area contributed by atoms with Crippen LogP contribution >= 0.6 is 0 Å². The Kier molecular flexibility index (Phi) is 6.07. The topological polar surface area (TPSA) is 17.3 Å². The average Bonchev–Trinajstić information content (AvgIpc) is 3.02. The highest BCUT2D eigenvalue weighted by Crippen LogP contribution is 2.32. The molecule has 2 aromatic carbocycles. The van der Waals surface area contributed by atoms with E-state index in [0.717, 1.165) is 11.2 Å². The first kappa shape index (κ1) is 20.0. The Hall–Kier alpha value is -2.35. The Morgan fingerprint density at radius 1 is 0.846 bits per heavy atom. The van der Waals surface area contributed by atoms with Crippen molar-refractivity contribution in [3.8, 4) is 0 Å². The van der Waals surface area contributed by atoms with Crippen LogP contribution in [0.25, 0.3) is 27.5 Å². The summed E-state index contributed by atoms with van der Waals surface area (Å²) in [6, 6.07) is 17.3. The minimum Gasteiger partial charge on any atom is -0.296 e. The zero-order valence-corrected chi connectivity index (χ0v) is 17.5. The van der Waals surface area contributed by atoms with E-state index in [4.69, 9.17) is 4.98 Å². The van der Waals surface area contributed by atoms with Crippen molar-refractivity contribution >= 4 is 27.5 Å². The van der Waals surface area contributed by atoms with Crippen LogP contribution in [0.3, 0.4) is 0 Å². The predicted molar refractivity (Wildman–Crippen MR) is 116 cm³/mol. The molecule has 0 saturated heterocycles. The first-order valence-electron chi connectivity index (χ1n) is 9.76. The highest BCUT2D eigenvalue weighted by Gasteiger charge is 2.21. The predicted octanol–water partition coefficient (Wildman–Crippen LogP) is 7.30. The van der Waals surface area contributed by atoms with Crippen molar-refractivity contribution in [2.24, 2.45) is 0 Å². The van der Waals surface area contributed by atoms with E-state index in [1.165, 1.54) is 27.5 Å². The number of rotatable bonds is 0. The smallest absolute Gasteiger partial charge is 0.146 e. The van der Waals surface area contributed by atoms with Crippen molar-refractivity contribution in [2.45, 2.75) is 60.8 Å². The lowest BCUT2D eigenvalue weighted by molar-refractivity contribution is 0.564. The summed E-state index contributed by atoms with van der Waals surface area (Å²) >= 11 is 0. The SMILES string of the molecule is CC.CC.Cc1ccc2nc3c4ccccc4cc(C(C)(C)C)n3c2c1. The Labute approximate surface area is 157 Å². The molecule has 0 amide bonds. The van der Waals surface area contributed by atoms with E-state index in [-0.39, 0.29) is 5.41 Å². The van der Waals surface area contributed by atoms with Gasteiger partial charge in [-0.1, -0.05) is 78.8 Å². The zero-order valence-electron chi connectivity index (χ0n) is 17.5. The molecule has 4 rings (SSSR count). The lowest BCUT2D eigenvalue weighted by Crippen LogP contribution is -2.16. The van der Waals surface area contributed by atoms with Crippen molar-refractivity contribution in [3.63, 3.8) is 0 Å². The first-order chi connectivity index (χ1) is 12.4. The maximum atomic E-state index is 4.92. The molecule has 4 aromatic rings. The number of hydrogen-bond donors (Lipinski definition) is 0. The number of fused-ring (bicyclic) bond motifs is 5. The number of aromatic nitrogens is 2. The Balaban J connectivity index is 0.000000570. The molecule has 138 valence electrons. The van der Waals surface area contributed by atoms with Gasteiger partial charge in [-0.2, -0.15) is 0 Å². The normalized spacial score (nSPS) is 11.1. The van der Waals surface area contributed by atoms with E-state index in [2.05, 4.69) is 80.6 Å². The lowest BCUT2D eigenvalue weighted by Gasteiger charge is -2.22. The summed E-state index contributed by atoms with van der Waals surface area (Å²) in [4.78, 5) is 4.92. The molecule has 0 aliphatic rings. The molecule has 0 saturated carbocycles. The van der Waals surface area contributed by atoms with E-state index >= 15 is 0 Å². The van der Waals surface area contributed by atoms with Gasteiger partial charge in [-0.15, -0.1) is 0 Å². The Morgan fingerprint density at radius 3 is 2.15 bits per heavy atom. The molecule has 0 fully saturated rings. The number of nitrogens with zero attached hydrogens (tertiary/aromatic N) is 2. The summed E-state index contributed by atoms with van der Waals surface area (Å²) in [5, 5.41) is 2.47. The molecule has 26 heavy (non-hydrogen) atoms. The van der Waals surface area contributed by atoms with E-state index in [9.17, 15) is 0 Å². The van der Waals surface area contributed by atoms with Crippen molar-refractivity contribution in [2.75, 3.05) is 0 Å². The first-order valence-corrected chi connectivity index (χ1v) is 9.76. The second-order valence-electron chi connectivity index (χ2n) is 7.13. The molecular weight excluding hydrogens is 316 g/mol. The summed E-state index contributed by atoms with van der Waals surface area (Å²) in [6.07, 6.45) is 0. The molecule has 2 nitrogen and oxygen atoms in total. The summed E-state index contributed by atoms with van der Waals surface area (Å²) in [5.74, 6) is 0. The average molecular weight is 349 g/mol. The van der Waals surface area contributed by atoms with E-state index in [0.29, 0.717) is 0 Å². The number of aryl methyl sites for hydroxylation is 1. The fraction of sp³-hybridized carbons (Fsp3) is 0.375. The third-order valence-corrected chi connectivity index (χ3v) is 4.31. The molecule has 0 spiro atoms. The van der Waals surface area contributed by atoms with Gasteiger partial charge < -0.3 is 0 Å². The van der Waals surface area contributed by atoms with Crippen LogP contribution in [0.5, 0.6) is 0 Å². The van der Waals surface area contributed by atoms with Gasteiger partial charge in [0, 0.05) is 16.5 Å². The minimum absolute atomic E-state index is 0.0552. The quantitative estimate of drug-likeness (QED) is 0.326. The van der Waals surface area contributed by atoms with Crippen LogP contribution in [0, 0.1) is 6.92 Å². The monoisotopic (exact) mass is 348 g/mol. The molecule has 0 atom stereocenters. The minimum atomic E-state index is 0.0552. The highest BCUT2D eigenvalue weighted by atomic mass is 15.0. The van der Waals surface area contributed by atoms with Crippen LogP contribution in [0.2, 0.25) is 0 Å². The number of imidazole rings is 1. The van der Waals surface area contributed by atoms with Gasteiger partial charge in [0.25, 0.3) is 0 Å². The van der Waals surface area contributed by atoms with Crippen LogP contribution in [-0.4, -0.2) is 9.38 Å². The van der Waals surface area contributed by atoms with E-state index in [1.807, 2.05) is 27.7 Å². The standard InChI is InChI=1S/C20H20N2.2C2H6/c1-13-9-10-16-17(11-13)22-18(20(2,3)4)12-14-7-5-6-8-15(14)19(22)21-16;2*1-2/h5-12H,1-4H3;2*1-2H3. The maximum absolute atomic E-state index is 4.92. The van der Waals surface area contributed by atoms with Crippen LogP contribution in [0.1, 0.15) is 59.7 Å². The van der Waals surface area contributed by atoms with Crippen LogP contribution < -0.4 is 0 Å². The van der Waals surface area contributed by atoms with Crippen LogP contribution in [0.15, 0.2) is 48.5 Å². The Bertz CT molecular complexity index is 1020. The van der Waals surface area contributed by atoms with Crippen LogP contribution in [0.4, 0.5) is 0 Å². The summed E-state index contributed by atoms with van der Waals surface area (Å²) in [6.45, 7) is 16.9. The summed E-state index contributed by atoms with van der Waals surface area (Å²) < 4.78 is 2.34. The molecule has 2 aromatic heterocycles. The molecule has 0 aliphatic heterocycles. The van der Waals surface area contributed by atoms with E-state index in [1.54, 1.807) is 0 Å².